The number of hydrogen-bond donors (Lipinski definition) is 1. The van der Waals surface area contributed by atoms with Crippen LogP contribution in [-0.2, 0) is 6.54 Å². The Hall–Kier alpha value is -1.81. The van der Waals surface area contributed by atoms with Crippen molar-refractivity contribution in [2.45, 2.75) is 6.54 Å². The van der Waals surface area contributed by atoms with E-state index in [2.05, 4.69) is 4.98 Å². The first-order valence-corrected chi connectivity index (χ1v) is 5.20. The maximum Gasteiger partial charge on any atom is 0.118 e. The van der Waals surface area contributed by atoms with Gasteiger partial charge in [-0.05, 0) is 24.3 Å². The van der Waals surface area contributed by atoms with Crippen LogP contribution in [0.5, 0.6) is 5.75 Å². The average molecular weight is 217 g/mol. The predicted molar refractivity (Wildman–Crippen MR) is 63.3 cm³/mol. The van der Waals surface area contributed by atoms with E-state index in [0.29, 0.717) is 6.54 Å². The Kier molecular flexibility index (Phi) is 3.22. The third-order valence-corrected chi connectivity index (χ3v) is 2.41. The first-order valence-electron chi connectivity index (χ1n) is 5.20. The van der Waals surface area contributed by atoms with Crippen molar-refractivity contribution in [3.8, 4) is 17.0 Å². The summed E-state index contributed by atoms with van der Waals surface area (Å²) in [5.74, 6) is 0.852. The normalized spacial score (nSPS) is 10.4. The van der Waals surface area contributed by atoms with Crippen molar-refractivity contribution in [2.75, 3.05) is 13.7 Å². The van der Waals surface area contributed by atoms with Crippen molar-refractivity contribution in [2.24, 2.45) is 5.73 Å². The van der Waals surface area contributed by atoms with Gasteiger partial charge < -0.3 is 15.0 Å². The van der Waals surface area contributed by atoms with Gasteiger partial charge in [-0.25, -0.2) is 4.98 Å². The maximum absolute atomic E-state index is 5.48. The summed E-state index contributed by atoms with van der Waals surface area (Å²) in [5.41, 5.74) is 7.52. The number of benzene rings is 1. The fourth-order valence-electron chi connectivity index (χ4n) is 1.54. The molecule has 0 saturated carbocycles. The third-order valence-electron chi connectivity index (χ3n) is 2.41. The first kappa shape index (κ1) is 10.7. The van der Waals surface area contributed by atoms with Crippen LogP contribution in [-0.4, -0.2) is 23.2 Å². The number of methoxy groups -OCH3 is 1. The van der Waals surface area contributed by atoms with Crippen LogP contribution in [0.2, 0.25) is 0 Å². The first-order chi connectivity index (χ1) is 7.83. The number of nitrogens with zero attached hydrogens (tertiary/aromatic N) is 2. The van der Waals surface area contributed by atoms with Gasteiger partial charge in [0.1, 0.15) is 5.75 Å². The van der Waals surface area contributed by atoms with E-state index in [0.717, 1.165) is 23.6 Å². The van der Waals surface area contributed by atoms with E-state index in [1.807, 2.05) is 35.0 Å². The topological polar surface area (TPSA) is 53.1 Å². The maximum atomic E-state index is 5.48. The molecule has 2 N–H and O–H groups in total. The van der Waals surface area contributed by atoms with Gasteiger partial charge in [-0.3, -0.25) is 0 Å². The lowest BCUT2D eigenvalue weighted by Crippen LogP contribution is -2.07. The van der Waals surface area contributed by atoms with Crippen LogP contribution in [0.1, 0.15) is 0 Å². The van der Waals surface area contributed by atoms with Gasteiger partial charge in [-0.2, -0.15) is 0 Å². The molecule has 0 unspecified atom stereocenters. The summed E-state index contributed by atoms with van der Waals surface area (Å²) in [5, 5.41) is 0. The van der Waals surface area contributed by atoms with Gasteiger partial charge in [0.25, 0.3) is 0 Å². The monoisotopic (exact) mass is 217 g/mol. The molecule has 0 aliphatic carbocycles. The highest BCUT2D eigenvalue weighted by Crippen LogP contribution is 2.20. The molecule has 0 radical (unpaired) electrons. The number of imidazole rings is 1. The summed E-state index contributed by atoms with van der Waals surface area (Å²) >= 11 is 0. The molecule has 0 aliphatic heterocycles. The van der Waals surface area contributed by atoms with Gasteiger partial charge in [0.2, 0.25) is 0 Å². The Balaban J connectivity index is 2.21. The molecule has 16 heavy (non-hydrogen) atoms. The second kappa shape index (κ2) is 4.81. The van der Waals surface area contributed by atoms with Gasteiger partial charge in [-0.1, -0.05) is 0 Å². The predicted octanol–water partition coefficient (Wildman–Crippen LogP) is 1.52. The summed E-state index contributed by atoms with van der Waals surface area (Å²) in [6.07, 6.45) is 3.79. The van der Waals surface area contributed by atoms with Crippen molar-refractivity contribution in [3.05, 3.63) is 36.8 Å². The fraction of sp³-hybridized carbons (Fsp3) is 0.250. The molecule has 0 saturated heterocycles. The Morgan fingerprint density at radius 2 is 2.06 bits per heavy atom. The summed E-state index contributed by atoms with van der Waals surface area (Å²) in [7, 11) is 1.66. The summed E-state index contributed by atoms with van der Waals surface area (Å²) in [4.78, 5) is 4.33. The van der Waals surface area contributed by atoms with Gasteiger partial charge in [0.15, 0.2) is 0 Å². The second-order valence-corrected chi connectivity index (χ2v) is 3.51. The van der Waals surface area contributed by atoms with Gasteiger partial charge in [-0.15, -0.1) is 0 Å². The van der Waals surface area contributed by atoms with Gasteiger partial charge in [0, 0.05) is 24.8 Å². The summed E-state index contributed by atoms with van der Waals surface area (Å²) in [6, 6.07) is 7.84. The SMILES string of the molecule is COc1ccc(-c2cn(CCN)cn2)cc1. The lowest BCUT2D eigenvalue weighted by Gasteiger charge is -2.00. The van der Waals surface area contributed by atoms with Crippen LogP contribution in [0.25, 0.3) is 11.3 Å². The number of rotatable bonds is 4. The van der Waals surface area contributed by atoms with E-state index in [4.69, 9.17) is 10.5 Å². The molecule has 0 bridgehead atoms. The van der Waals surface area contributed by atoms with Crippen molar-refractivity contribution >= 4 is 0 Å². The smallest absolute Gasteiger partial charge is 0.118 e. The molecule has 0 spiro atoms. The minimum Gasteiger partial charge on any atom is -0.497 e. The number of aromatic nitrogens is 2. The van der Waals surface area contributed by atoms with E-state index in [1.165, 1.54) is 0 Å². The van der Waals surface area contributed by atoms with E-state index in [-0.39, 0.29) is 0 Å². The summed E-state index contributed by atoms with van der Waals surface area (Å²) < 4.78 is 7.09. The molecule has 1 aromatic carbocycles. The zero-order valence-electron chi connectivity index (χ0n) is 9.26. The average Bonchev–Trinajstić information content (AvgIpc) is 2.78. The minimum atomic E-state index is 0.623. The fourth-order valence-corrected chi connectivity index (χ4v) is 1.54. The van der Waals surface area contributed by atoms with Crippen molar-refractivity contribution in [1.82, 2.24) is 9.55 Å². The van der Waals surface area contributed by atoms with Crippen molar-refractivity contribution in [1.29, 1.82) is 0 Å². The Morgan fingerprint density at radius 1 is 1.31 bits per heavy atom. The standard InChI is InChI=1S/C12H15N3O/c1-16-11-4-2-10(3-5-11)12-8-15(7-6-13)9-14-12/h2-5,8-9H,6-7,13H2,1H3. The molecule has 0 amide bonds. The Morgan fingerprint density at radius 3 is 2.69 bits per heavy atom. The Bertz CT molecular complexity index is 448. The second-order valence-electron chi connectivity index (χ2n) is 3.51. The number of hydrogen-bond acceptors (Lipinski definition) is 3. The minimum absolute atomic E-state index is 0.623. The highest BCUT2D eigenvalue weighted by Gasteiger charge is 2.01. The van der Waals surface area contributed by atoms with E-state index >= 15 is 0 Å². The summed E-state index contributed by atoms with van der Waals surface area (Å²) in [6.45, 7) is 1.42. The molecule has 1 aromatic heterocycles. The highest BCUT2D eigenvalue weighted by molar-refractivity contribution is 5.59. The molecule has 84 valence electrons. The van der Waals surface area contributed by atoms with E-state index in [9.17, 15) is 0 Å². The van der Waals surface area contributed by atoms with Crippen LogP contribution >= 0.6 is 0 Å². The number of nitrogens with two attached hydrogens (primary N) is 1. The number of ether oxygens (including phenoxy) is 1. The third kappa shape index (κ3) is 2.23. The van der Waals surface area contributed by atoms with Crippen LogP contribution < -0.4 is 10.5 Å². The lowest BCUT2D eigenvalue weighted by atomic mass is 10.2. The van der Waals surface area contributed by atoms with Crippen LogP contribution in [0.15, 0.2) is 36.8 Å². The Labute approximate surface area is 94.7 Å². The molecule has 1 heterocycles. The molecule has 4 nitrogen and oxygen atoms in total. The van der Waals surface area contributed by atoms with Crippen molar-refractivity contribution in [3.63, 3.8) is 0 Å². The largest absolute Gasteiger partial charge is 0.497 e. The van der Waals surface area contributed by atoms with Crippen molar-refractivity contribution < 1.29 is 4.74 Å². The van der Waals surface area contributed by atoms with Crippen LogP contribution in [0.4, 0.5) is 0 Å². The van der Waals surface area contributed by atoms with Crippen LogP contribution in [0, 0.1) is 0 Å². The molecule has 4 heteroatoms. The zero-order valence-corrected chi connectivity index (χ0v) is 9.26. The molecule has 0 atom stereocenters. The molecule has 2 aromatic rings. The molecular weight excluding hydrogens is 202 g/mol. The van der Waals surface area contributed by atoms with Gasteiger partial charge in [0.05, 0.1) is 19.1 Å². The van der Waals surface area contributed by atoms with Crippen LogP contribution in [0.3, 0.4) is 0 Å². The van der Waals surface area contributed by atoms with E-state index in [1.54, 1.807) is 13.4 Å². The quantitative estimate of drug-likeness (QED) is 0.844. The molecule has 0 aliphatic rings. The molecular formula is C12H15N3O. The van der Waals surface area contributed by atoms with Gasteiger partial charge >= 0.3 is 0 Å². The van der Waals surface area contributed by atoms with E-state index < -0.39 is 0 Å². The highest BCUT2D eigenvalue weighted by atomic mass is 16.5. The lowest BCUT2D eigenvalue weighted by molar-refractivity contribution is 0.415. The molecule has 0 fully saturated rings. The molecule has 2 rings (SSSR count). The zero-order chi connectivity index (χ0) is 11.4.